The van der Waals surface area contributed by atoms with Crippen LogP contribution in [0.5, 0.6) is 0 Å². The molecule has 2 fully saturated rings. The lowest BCUT2D eigenvalue weighted by Crippen LogP contribution is -2.58. The van der Waals surface area contributed by atoms with Crippen molar-refractivity contribution in [2.75, 3.05) is 33.4 Å². The van der Waals surface area contributed by atoms with Crippen LogP contribution in [0.25, 0.3) is 0 Å². The number of hydrogen-bond acceptors (Lipinski definition) is 9. The predicted octanol–water partition coefficient (Wildman–Crippen LogP) is 8.83. The van der Waals surface area contributed by atoms with Crippen molar-refractivity contribution >= 4 is 36.2 Å². The largest absolute Gasteiger partial charge is 0.414 e. The first-order valence-electron chi connectivity index (χ1n) is 17.4. The summed E-state index contributed by atoms with van der Waals surface area (Å²) >= 11 is 1.70. The lowest BCUT2D eigenvalue weighted by atomic mass is 9.95. The van der Waals surface area contributed by atoms with Gasteiger partial charge in [-0.1, -0.05) is 90.0 Å². The van der Waals surface area contributed by atoms with Crippen LogP contribution in [-0.2, 0) is 37.6 Å². The molecule has 0 amide bonds. The summed E-state index contributed by atoms with van der Waals surface area (Å²) in [7, 11) is -4.50. The lowest BCUT2D eigenvalue weighted by molar-refractivity contribution is -0.253. The number of rotatable bonds is 18. The Hall–Kier alpha value is -0.0994. The average Bonchev–Trinajstić information content (AvgIpc) is 3.25. The highest BCUT2D eigenvalue weighted by Gasteiger charge is 2.54. The molecule has 6 atom stereocenters. The maximum absolute atomic E-state index is 6.95. The highest BCUT2D eigenvalue weighted by Crippen LogP contribution is 2.42. The van der Waals surface area contributed by atoms with E-state index in [4.69, 9.17) is 37.6 Å². The Balaban J connectivity index is 1.87. The number of thioether (sulfide) groups is 1. The molecule has 272 valence electrons. The van der Waals surface area contributed by atoms with Crippen molar-refractivity contribution in [3.63, 3.8) is 0 Å². The van der Waals surface area contributed by atoms with Gasteiger partial charge in [0.05, 0.1) is 12.7 Å². The molecule has 1 unspecified atom stereocenters. The van der Waals surface area contributed by atoms with E-state index >= 15 is 0 Å². The standard InChI is InChI=1S/C35H66O8SSi3/c1-34(2,3)47(12,13)40-24-29-32(43-35(4,5)42-29)33-31(39-26-37-20-22-46(9,10)11)28(38-25-36-19-21-45(6,7)8)23-30(41-33)44-27-17-15-14-16-18-27/h14-18,28-33H,19-26H2,1-13H3/t28-,29-,30?,31-,32+,33-/m1/s1. The second-order valence-electron chi connectivity index (χ2n) is 17.4. The molecule has 12 heteroatoms. The van der Waals surface area contributed by atoms with Crippen molar-refractivity contribution in [3.8, 4) is 0 Å². The Morgan fingerprint density at radius 3 is 1.94 bits per heavy atom. The summed E-state index contributed by atoms with van der Waals surface area (Å²) in [5.74, 6) is -0.802. The Morgan fingerprint density at radius 2 is 1.38 bits per heavy atom. The van der Waals surface area contributed by atoms with Crippen LogP contribution in [0, 0.1) is 0 Å². The molecule has 1 aromatic rings. The van der Waals surface area contributed by atoms with Gasteiger partial charge >= 0.3 is 0 Å². The Bertz CT molecular complexity index is 1060. The third-order valence-electron chi connectivity index (χ3n) is 9.10. The SMILES string of the molecule is CC1(C)O[C@H]([C@@H]2OC(Sc3ccccc3)C[C@@H](OCOCC[Si](C)(C)C)[C@H]2OCOCC[Si](C)(C)C)[C@@H](CO[Si](C)(C)C(C)(C)C)O1. The second kappa shape index (κ2) is 17.4. The zero-order chi connectivity index (χ0) is 35.1. The van der Waals surface area contributed by atoms with Crippen molar-refractivity contribution in [2.45, 2.75) is 157 Å². The molecular weight excluding hydrogens is 665 g/mol. The number of hydrogen-bond donors (Lipinski definition) is 0. The minimum atomic E-state index is -2.04. The highest BCUT2D eigenvalue weighted by molar-refractivity contribution is 7.99. The van der Waals surface area contributed by atoms with Crippen molar-refractivity contribution in [3.05, 3.63) is 30.3 Å². The summed E-state index contributed by atoms with van der Waals surface area (Å²) in [6, 6.07) is 12.5. The summed E-state index contributed by atoms with van der Waals surface area (Å²) in [5.41, 5.74) is -0.184. The van der Waals surface area contributed by atoms with E-state index in [2.05, 4.69) is 97.4 Å². The monoisotopic (exact) mass is 730 g/mol. The minimum absolute atomic E-state index is 0.0730. The first kappa shape index (κ1) is 41.3. The molecule has 0 bridgehead atoms. The van der Waals surface area contributed by atoms with Gasteiger partial charge in [-0.2, -0.15) is 0 Å². The van der Waals surface area contributed by atoms with Gasteiger partial charge in [-0.15, -0.1) is 0 Å². The van der Waals surface area contributed by atoms with E-state index in [0.717, 1.165) is 17.0 Å². The van der Waals surface area contributed by atoms with Crippen molar-refractivity contribution < 1.29 is 37.6 Å². The van der Waals surface area contributed by atoms with Crippen molar-refractivity contribution in [1.82, 2.24) is 0 Å². The van der Waals surface area contributed by atoms with E-state index in [-0.39, 0.29) is 36.3 Å². The molecule has 2 aliphatic rings. The van der Waals surface area contributed by atoms with Gasteiger partial charge in [0.25, 0.3) is 0 Å². The maximum atomic E-state index is 6.95. The smallest absolute Gasteiger partial charge is 0.192 e. The van der Waals surface area contributed by atoms with Crippen LogP contribution < -0.4 is 0 Å². The summed E-state index contributed by atoms with van der Waals surface area (Å²) in [4.78, 5) is 1.14. The van der Waals surface area contributed by atoms with Crippen LogP contribution in [0.2, 0.25) is 69.5 Å². The molecule has 2 heterocycles. The molecule has 1 aromatic carbocycles. The van der Waals surface area contributed by atoms with Gasteiger partial charge in [0.1, 0.15) is 43.4 Å². The third-order valence-corrected chi connectivity index (χ3v) is 18.1. The molecule has 0 radical (unpaired) electrons. The zero-order valence-corrected chi connectivity index (χ0v) is 35.5. The fourth-order valence-corrected chi connectivity index (χ4v) is 8.73. The van der Waals surface area contributed by atoms with Crippen molar-refractivity contribution in [2.24, 2.45) is 0 Å². The molecule has 0 spiro atoms. The van der Waals surface area contributed by atoms with Crippen LogP contribution >= 0.6 is 11.8 Å². The third kappa shape index (κ3) is 14.2. The van der Waals surface area contributed by atoms with Crippen LogP contribution in [0.1, 0.15) is 41.0 Å². The summed E-state index contributed by atoms with van der Waals surface area (Å²) < 4.78 is 52.0. The molecular formula is C35H66O8SSi3. The average molecular weight is 731 g/mol. The first-order valence-corrected chi connectivity index (χ1v) is 28.6. The number of benzene rings is 1. The molecule has 0 aromatic heterocycles. The van der Waals surface area contributed by atoms with Crippen LogP contribution in [-0.4, -0.2) is 99.6 Å². The van der Waals surface area contributed by atoms with E-state index < -0.39 is 48.6 Å². The topological polar surface area (TPSA) is 73.8 Å². The fraction of sp³-hybridized carbons (Fsp3) is 0.829. The fourth-order valence-electron chi connectivity index (χ4n) is 5.11. The maximum Gasteiger partial charge on any atom is 0.192 e. The predicted molar refractivity (Wildman–Crippen MR) is 200 cm³/mol. The van der Waals surface area contributed by atoms with Crippen molar-refractivity contribution in [1.29, 1.82) is 0 Å². The molecule has 0 saturated carbocycles. The summed E-state index contributed by atoms with van der Waals surface area (Å²) in [6.45, 7) is 31.5. The van der Waals surface area contributed by atoms with Gasteiger partial charge in [0.15, 0.2) is 14.1 Å². The van der Waals surface area contributed by atoms with E-state index in [0.29, 0.717) is 26.2 Å². The summed E-state index contributed by atoms with van der Waals surface area (Å²) in [5, 5.41) is 0.0730. The molecule has 0 aliphatic carbocycles. The highest BCUT2D eigenvalue weighted by atomic mass is 32.2. The van der Waals surface area contributed by atoms with E-state index in [1.807, 2.05) is 19.9 Å². The van der Waals surface area contributed by atoms with Gasteiger partial charge in [0, 0.05) is 40.7 Å². The molecule has 3 rings (SSSR count). The van der Waals surface area contributed by atoms with Gasteiger partial charge in [-0.05, 0) is 56.2 Å². The molecule has 47 heavy (non-hydrogen) atoms. The lowest BCUT2D eigenvalue weighted by Gasteiger charge is -2.44. The van der Waals surface area contributed by atoms with Crippen LogP contribution in [0.3, 0.4) is 0 Å². The van der Waals surface area contributed by atoms with Gasteiger partial charge in [-0.3, -0.25) is 0 Å². The Kier molecular flexibility index (Phi) is 15.3. The first-order chi connectivity index (χ1) is 21.7. The van der Waals surface area contributed by atoms with Gasteiger partial charge in [-0.25, -0.2) is 0 Å². The molecule has 8 nitrogen and oxygen atoms in total. The van der Waals surface area contributed by atoms with E-state index in [9.17, 15) is 0 Å². The second-order valence-corrected chi connectivity index (χ2v) is 34.7. The quantitative estimate of drug-likeness (QED) is 0.0837. The zero-order valence-electron chi connectivity index (χ0n) is 31.7. The van der Waals surface area contributed by atoms with Crippen LogP contribution in [0.15, 0.2) is 35.2 Å². The minimum Gasteiger partial charge on any atom is -0.414 e. The molecule has 2 saturated heterocycles. The van der Waals surface area contributed by atoms with Gasteiger partial charge in [0.2, 0.25) is 0 Å². The Morgan fingerprint density at radius 1 is 0.809 bits per heavy atom. The molecule has 0 N–H and O–H groups in total. The molecule has 2 aliphatic heterocycles. The van der Waals surface area contributed by atoms with E-state index in [1.165, 1.54) is 0 Å². The Labute approximate surface area is 293 Å². The summed E-state index contributed by atoms with van der Waals surface area (Å²) in [6.07, 6.45) is -1.36. The number of ether oxygens (including phenoxy) is 7. The normalized spacial score (nSPS) is 27.3. The van der Waals surface area contributed by atoms with Crippen LogP contribution in [0.4, 0.5) is 0 Å². The van der Waals surface area contributed by atoms with Gasteiger partial charge < -0.3 is 37.6 Å². The van der Waals surface area contributed by atoms with E-state index in [1.54, 1.807) is 11.8 Å².